The van der Waals surface area contributed by atoms with Gasteiger partial charge in [-0.15, -0.1) is 0 Å². The number of thioether (sulfide) groups is 1. The Morgan fingerprint density at radius 1 is 1.50 bits per heavy atom. The summed E-state index contributed by atoms with van der Waals surface area (Å²) in [5.74, 6) is 2.04. The maximum Gasteiger partial charge on any atom is 0.0894 e. The summed E-state index contributed by atoms with van der Waals surface area (Å²) in [6, 6.07) is 0.273. The lowest BCUT2D eigenvalue weighted by molar-refractivity contribution is 0.470. The summed E-state index contributed by atoms with van der Waals surface area (Å²) in [4.78, 5) is 0. The van der Waals surface area contributed by atoms with Gasteiger partial charge >= 0.3 is 0 Å². The van der Waals surface area contributed by atoms with Crippen molar-refractivity contribution in [2.45, 2.75) is 25.8 Å². The van der Waals surface area contributed by atoms with Gasteiger partial charge in [-0.2, -0.15) is 11.8 Å². The van der Waals surface area contributed by atoms with Gasteiger partial charge in [0.25, 0.3) is 0 Å². The van der Waals surface area contributed by atoms with E-state index in [9.17, 15) is 4.39 Å². The first-order chi connectivity index (χ1) is 4.77. The minimum absolute atomic E-state index is 0.182. The Morgan fingerprint density at radius 3 is 2.70 bits per heavy atom. The number of alkyl halides is 1. The Kier molecular flexibility index (Phi) is 7.52. The van der Waals surface area contributed by atoms with Gasteiger partial charge in [0.1, 0.15) is 0 Å². The van der Waals surface area contributed by atoms with Crippen LogP contribution in [0.25, 0.3) is 0 Å². The Bertz CT molecular complexity index is 68.6. The molecule has 10 heavy (non-hydrogen) atoms. The molecule has 2 N–H and O–H groups in total. The topological polar surface area (TPSA) is 26.0 Å². The molecule has 0 saturated carbocycles. The molecule has 0 aliphatic heterocycles. The normalized spacial score (nSPS) is 13.5. The SMILES string of the molecule is CC(N)CSCCCCF. The van der Waals surface area contributed by atoms with Crippen LogP contribution in [0.3, 0.4) is 0 Å². The zero-order valence-electron chi connectivity index (χ0n) is 6.48. The van der Waals surface area contributed by atoms with Gasteiger partial charge in [0.15, 0.2) is 0 Å². The second kappa shape index (κ2) is 7.35. The van der Waals surface area contributed by atoms with Crippen LogP contribution in [0.5, 0.6) is 0 Å². The van der Waals surface area contributed by atoms with Crippen LogP contribution in [-0.4, -0.2) is 24.2 Å². The predicted octanol–water partition coefficient (Wildman–Crippen LogP) is 1.82. The van der Waals surface area contributed by atoms with E-state index in [4.69, 9.17) is 5.73 Å². The standard InChI is InChI=1S/C7H16FNS/c1-7(9)6-10-5-3-2-4-8/h7H,2-6,9H2,1H3. The molecule has 1 unspecified atom stereocenters. The van der Waals surface area contributed by atoms with E-state index in [1.165, 1.54) is 0 Å². The van der Waals surface area contributed by atoms with E-state index in [0.717, 1.165) is 17.9 Å². The fourth-order valence-electron chi connectivity index (χ4n) is 0.568. The van der Waals surface area contributed by atoms with Crippen LogP contribution in [-0.2, 0) is 0 Å². The maximum atomic E-state index is 11.5. The molecular weight excluding hydrogens is 149 g/mol. The predicted molar refractivity (Wildman–Crippen MR) is 46.2 cm³/mol. The molecule has 1 atom stereocenters. The first-order valence-corrected chi connectivity index (χ1v) is 4.82. The average Bonchev–Trinajstić information content (AvgIpc) is 1.87. The van der Waals surface area contributed by atoms with Gasteiger partial charge in [-0.3, -0.25) is 4.39 Å². The summed E-state index contributed by atoms with van der Waals surface area (Å²) >= 11 is 1.81. The molecule has 0 bridgehead atoms. The van der Waals surface area contributed by atoms with Crippen LogP contribution in [0.4, 0.5) is 4.39 Å². The van der Waals surface area contributed by atoms with E-state index in [1.54, 1.807) is 0 Å². The lowest BCUT2D eigenvalue weighted by Crippen LogP contribution is -2.17. The van der Waals surface area contributed by atoms with Crippen LogP contribution in [0.15, 0.2) is 0 Å². The van der Waals surface area contributed by atoms with Crippen molar-refractivity contribution in [1.29, 1.82) is 0 Å². The van der Waals surface area contributed by atoms with Crippen molar-refractivity contribution >= 4 is 11.8 Å². The van der Waals surface area contributed by atoms with Crippen molar-refractivity contribution in [2.24, 2.45) is 5.73 Å². The van der Waals surface area contributed by atoms with Crippen LogP contribution in [0.1, 0.15) is 19.8 Å². The number of unbranched alkanes of at least 4 members (excludes halogenated alkanes) is 1. The summed E-state index contributed by atoms with van der Waals surface area (Å²) in [6.07, 6.45) is 1.68. The van der Waals surface area contributed by atoms with Crippen LogP contribution < -0.4 is 5.73 Å². The van der Waals surface area contributed by atoms with E-state index in [0.29, 0.717) is 6.42 Å². The second-order valence-corrected chi connectivity index (χ2v) is 3.60. The quantitative estimate of drug-likeness (QED) is 0.607. The number of hydrogen-bond donors (Lipinski definition) is 1. The van der Waals surface area contributed by atoms with E-state index < -0.39 is 0 Å². The molecule has 0 aromatic carbocycles. The highest BCUT2D eigenvalue weighted by Gasteiger charge is 1.93. The molecule has 62 valence electrons. The summed E-state index contributed by atoms with van der Waals surface area (Å²) in [5, 5.41) is 0. The minimum Gasteiger partial charge on any atom is -0.327 e. The third kappa shape index (κ3) is 8.24. The van der Waals surface area contributed by atoms with Crippen LogP contribution in [0, 0.1) is 0 Å². The first-order valence-electron chi connectivity index (χ1n) is 3.66. The molecule has 0 fully saturated rings. The van der Waals surface area contributed by atoms with Gasteiger partial charge in [-0.05, 0) is 25.5 Å². The second-order valence-electron chi connectivity index (χ2n) is 2.45. The molecular formula is C7H16FNS. The maximum absolute atomic E-state index is 11.5. The highest BCUT2D eigenvalue weighted by Crippen LogP contribution is 2.05. The van der Waals surface area contributed by atoms with Crippen molar-refractivity contribution in [3.63, 3.8) is 0 Å². The smallest absolute Gasteiger partial charge is 0.0894 e. The summed E-state index contributed by atoms with van der Waals surface area (Å²) in [6.45, 7) is 1.81. The molecule has 1 nitrogen and oxygen atoms in total. The minimum atomic E-state index is -0.182. The summed E-state index contributed by atoms with van der Waals surface area (Å²) in [5.41, 5.74) is 5.51. The third-order valence-electron chi connectivity index (χ3n) is 1.05. The highest BCUT2D eigenvalue weighted by atomic mass is 32.2. The Labute approximate surface area is 66.6 Å². The van der Waals surface area contributed by atoms with Gasteiger partial charge in [0.05, 0.1) is 6.67 Å². The van der Waals surface area contributed by atoms with E-state index in [1.807, 2.05) is 18.7 Å². The lowest BCUT2D eigenvalue weighted by atomic mass is 10.4. The third-order valence-corrected chi connectivity index (χ3v) is 2.39. The molecule has 3 heteroatoms. The molecule has 0 rings (SSSR count). The van der Waals surface area contributed by atoms with Gasteiger partial charge in [-0.25, -0.2) is 0 Å². The number of nitrogens with two attached hydrogens (primary N) is 1. The molecule has 0 amide bonds. The monoisotopic (exact) mass is 165 g/mol. The number of halogens is 1. The fourth-order valence-corrected chi connectivity index (χ4v) is 1.51. The largest absolute Gasteiger partial charge is 0.327 e. The summed E-state index contributed by atoms with van der Waals surface area (Å²) in [7, 11) is 0. The molecule has 0 aliphatic carbocycles. The molecule has 0 aromatic heterocycles. The Balaban J connectivity index is 2.77. The fraction of sp³-hybridized carbons (Fsp3) is 1.00. The molecule has 0 spiro atoms. The zero-order chi connectivity index (χ0) is 7.82. The van der Waals surface area contributed by atoms with Gasteiger partial charge in [0.2, 0.25) is 0 Å². The zero-order valence-corrected chi connectivity index (χ0v) is 7.29. The van der Waals surface area contributed by atoms with Crippen molar-refractivity contribution in [2.75, 3.05) is 18.2 Å². The molecule has 0 saturated heterocycles. The highest BCUT2D eigenvalue weighted by molar-refractivity contribution is 7.99. The van der Waals surface area contributed by atoms with Crippen molar-refractivity contribution < 1.29 is 4.39 Å². The van der Waals surface area contributed by atoms with Gasteiger partial charge < -0.3 is 5.73 Å². The summed E-state index contributed by atoms with van der Waals surface area (Å²) < 4.78 is 11.5. The van der Waals surface area contributed by atoms with Crippen LogP contribution >= 0.6 is 11.8 Å². The van der Waals surface area contributed by atoms with E-state index in [-0.39, 0.29) is 12.7 Å². The Hall–Kier alpha value is 0.240. The molecule has 0 heterocycles. The number of hydrogen-bond acceptors (Lipinski definition) is 2. The van der Waals surface area contributed by atoms with E-state index in [2.05, 4.69) is 0 Å². The van der Waals surface area contributed by atoms with Crippen molar-refractivity contribution in [1.82, 2.24) is 0 Å². The average molecular weight is 165 g/mol. The van der Waals surface area contributed by atoms with Gasteiger partial charge in [-0.1, -0.05) is 0 Å². The van der Waals surface area contributed by atoms with Gasteiger partial charge in [0, 0.05) is 11.8 Å². The molecule has 0 aliphatic rings. The van der Waals surface area contributed by atoms with E-state index >= 15 is 0 Å². The Morgan fingerprint density at radius 2 is 2.20 bits per heavy atom. The molecule has 0 aromatic rings. The lowest BCUT2D eigenvalue weighted by Gasteiger charge is -2.02. The van der Waals surface area contributed by atoms with Crippen molar-refractivity contribution in [3.05, 3.63) is 0 Å². The first kappa shape index (κ1) is 10.2. The number of rotatable bonds is 6. The van der Waals surface area contributed by atoms with Crippen molar-refractivity contribution in [3.8, 4) is 0 Å². The van der Waals surface area contributed by atoms with Crippen LogP contribution in [0.2, 0.25) is 0 Å². The molecule has 0 radical (unpaired) electrons.